The van der Waals surface area contributed by atoms with Gasteiger partial charge in [-0.1, -0.05) is 44.9 Å². The van der Waals surface area contributed by atoms with Crippen LogP contribution in [0.25, 0.3) is 0 Å². The molecule has 0 saturated carbocycles. The van der Waals surface area contributed by atoms with Crippen LogP contribution in [0.5, 0.6) is 0 Å². The molecule has 0 spiro atoms. The summed E-state index contributed by atoms with van der Waals surface area (Å²) >= 11 is 0. The molecule has 1 aliphatic rings. The van der Waals surface area contributed by atoms with E-state index >= 15 is 0 Å². The van der Waals surface area contributed by atoms with Crippen molar-refractivity contribution in [3.05, 3.63) is 29.8 Å². The molecule has 106 valence electrons. The molecular weight excluding hydrogens is 232 g/mol. The van der Waals surface area contributed by atoms with Crippen LogP contribution in [-0.2, 0) is 6.42 Å². The van der Waals surface area contributed by atoms with E-state index in [1.54, 1.807) is 0 Å². The van der Waals surface area contributed by atoms with Gasteiger partial charge >= 0.3 is 0 Å². The van der Waals surface area contributed by atoms with E-state index in [9.17, 15) is 0 Å². The number of benzene rings is 1. The average Bonchev–Trinajstić information content (AvgIpc) is 2.49. The normalized spacial score (nSPS) is 17.9. The predicted molar refractivity (Wildman–Crippen MR) is 83.7 cm³/mol. The molecule has 2 rings (SSSR count). The number of aryl methyl sites for hydroxylation is 1. The second-order valence-corrected chi connectivity index (χ2v) is 5.77. The first-order chi connectivity index (χ1) is 9.27. The maximum Gasteiger partial charge on any atom is 0.0521 e. The Hall–Kier alpha value is -1.02. The summed E-state index contributed by atoms with van der Waals surface area (Å²) in [5.74, 6) is 0. The van der Waals surface area contributed by atoms with E-state index in [0.717, 1.165) is 19.5 Å². The SMILES string of the molecule is CCCCC(CC)(CN)N1CCCc2ccccc21. The minimum absolute atomic E-state index is 0.159. The summed E-state index contributed by atoms with van der Waals surface area (Å²) in [6.07, 6.45) is 7.33. The third kappa shape index (κ3) is 2.79. The van der Waals surface area contributed by atoms with Gasteiger partial charge in [0.25, 0.3) is 0 Å². The van der Waals surface area contributed by atoms with E-state index in [4.69, 9.17) is 5.73 Å². The molecule has 0 bridgehead atoms. The van der Waals surface area contributed by atoms with E-state index in [1.807, 2.05) is 0 Å². The summed E-state index contributed by atoms with van der Waals surface area (Å²) in [6.45, 7) is 6.48. The molecule has 0 radical (unpaired) electrons. The van der Waals surface area contributed by atoms with Gasteiger partial charge < -0.3 is 10.6 Å². The van der Waals surface area contributed by atoms with Gasteiger partial charge in [-0.2, -0.15) is 0 Å². The Labute approximate surface area is 118 Å². The fourth-order valence-corrected chi connectivity index (χ4v) is 3.39. The topological polar surface area (TPSA) is 29.3 Å². The lowest BCUT2D eigenvalue weighted by molar-refractivity contribution is 0.336. The van der Waals surface area contributed by atoms with Gasteiger partial charge in [0.1, 0.15) is 0 Å². The molecule has 2 heteroatoms. The standard InChI is InChI=1S/C17H28N2/c1-3-5-12-17(4-2,14-18)19-13-8-10-15-9-6-7-11-16(15)19/h6-7,9,11H,3-5,8,10,12-14,18H2,1-2H3. The van der Waals surface area contributed by atoms with Crippen LogP contribution < -0.4 is 10.6 Å². The van der Waals surface area contributed by atoms with Crippen molar-refractivity contribution in [1.82, 2.24) is 0 Å². The van der Waals surface area contributed by atoms with E-state index in [1.165, 1.54) is 43.4 Å². The molecule has 2 N–H and O–H groups in total. The molecule has 2 nitrogen and oxygen atoms in total. The van der Waals surface area contributed by atoms with Crippen molar-refractivity contribution >= 4 is 5.69 Å². The molecule has 0 aromatic heterocycles. The largest absolute Gasteiger partial charge is 0.364 e. The van der Waals surface area contributed by atoms with E-state index in [-0.39, 0.29) is 5.54 Å². The molecule has 1 aliphatic heterocycles. The monoisotopic (exact) mass is 260 g/mol. The molecule has 0 amide bonds. The van der Waals surface area contributed by atoms with Gasteiger partial charge in [0.2, 0.25) is 0 Å². The van der Waals surface area contributed by atoms with Crippen LogP contribution in [0.3, 0.4) is 0 Å². The highest BCUT2D eigenvalue weighted by molar-refractivity contribution is 5.57. The Morgan fingerprint density at radius 3 is 2.74 bits per heavy atom. The molecule has 1 atom stereocenters. The van der Waals surface area contributed by atoms with Crippen molar-refractivity contribution in [3.63, 3.8) is 0 Å². The first-order valence-corrected chi connectivity index (χ1v) is 7.83. The van der Waals surface area contributed by atoms with Gasteiger partial charge in [-0.25, -0.2) is 0 Å². The number of fused-ring (bicyclic) bond motifs is 1. The summed E-state index contributed by atoms with van der Waals surface area (Å²) in [5.41, 5.74) is 9.29. The first kappa shape index (κ1) is 14.4. The number of hydrogen-bond donors (Lipinski definition) is 1. The quantitative estimate of drug-likeness (QED) is 0.844. The first-order valence-electron chi connectivity index (χ1n) is 7.83. The van der Waals surface area contributed by atoms with Crippen LogP contribution in [0.15, 0.2) is 24.3 Å². The number of rotatable bonds is 6. The number of hydrogen-bond acceptors (Lipinski definition) is 2. The molecule has 0 saturated heterocycles. The lowest BCUT2D eigenvalue weighted by Gasteiger charge is -2.47. The fraction of sp³-hybridized carbons (Fsp3) is 0.647. The minimum Gasteiger partial charge on any atom is -0.364 e. The van der Waals surface area contributed by atoms with Crippen LogP contribution in [0.4, 0.5) is 5.69 Å². The van der Waals surface area contributed by atoms with Crippen LogP contribution in [0.2, 0.25) is 0 Å². The maximum absolute atomic E-state index is 6.21. The van der Waals surface area contributed by atoms with Gasteiger partial charge in [0.05, 0.1) is 5.54 Å². The Morgan fingerprint density at radius 2 is 2.05 bits per heavy atom. The van der Waals surface area contributed by atoms with E-state index in [0.29, 0.717) is 0 Å². The molecule has 1 heterocycles. The van der Waals surface area contributed by atoms with Crippen LogP contribution in [0.1, 0.15) is 51.5 Å². The number of unbranched alkanes of at least 4 members (excludes halogenated alkanes) is 1. The van der Waals surface area contributed by atoms with Crippen molar-refractivity contribution in [2.75, 3.05) is 18.0 Å². The van der Waals surface area contributed by atoms with Gasteiger partial charge in [0.15, 0.2) is 0 Å². The predicted octanol–water partition coefficient (Wildman–Crippen LogP) is 3.74. The van der Waals surface area contributed by atoms with Crippen LogP contribution in [0, 0.1) is 0 Å². The molecule has 0 fully saturated rings. The lowest BCUT2D eigenvalue weighted by Crippen LogP contribution is -2.55. The lowest BCUT2D eigenvalue weighted by atomic mass is 9.85. The van der Waals surface area contributed by atoms with Crippen LogP contribution >= 0.6 is 0 Å². The number of nitrogens with two attached hydrogens (primary N) is 1. The van der Waals surface area contributed by atoms with Gasteiger partial charge in [-0.3, -0.25) is 0 Å². The molecule has 19 heavy (non-hydrogen) atoms. The number of para-hydroxylation sites is 1. The Kier molecular flexibility index (Phi) is 4.87. The second kappa shape index (κ2) is 6.42. The average molecular weight is 260 g/mol. The summed E-state index contributed by atoms with van der Waals surface area (Å²) in [6, 6.07) is 8.87. The third-order valence-electron chi connectivity index (χ3n) is 4.72. The smallest absolute Gasteiger partial charge is 0.0521 e. The van der Waals surface area contributed by atoms with E-state index < -0.39 is 0 Å². The van der Waals surface area contributed by atoms with Crippen molar-refractivity contribution < 1.29 is 0 Å². The summed E-state index contributed by atoms with van der Waals surface area (Å²) < 4.78 is 0. The van der Waals surface area contributed by atoms with Crippen molar-refractivity contribution in [2.24, 2.45) is 5.73 Å². The summed E-state index contributed by atoms with van der Waals surface area (Å²) in [4.78, 5) is 2.61. The third-order valence-corrected chi connectivity index (χ3v) is 4.72. The Bertz CT molecular complexity index is 396. The Morgan fingerprint density at radius 1 is 1.26 bits per heavy atom. The van der Waals surface area contributed by atoms with Gasteiger partial charge in [-0.15, -0.1) is 0 Å². The zero-order valence-electron chi connectivity index (χ0n) is 12.5. The van der Waals surface area contributed by atoms with Gasteiger partial charge in [0, 0.05) is 18.8 Å². The highest BCUT2D eigenvalue weighted by Crippen LogP contribution is 2.36. The molecule has 1 unspecified atom stereocenters. The fourth-order valence-electron chi connectivity index (χ4n) is 3.39. The number of nitrogens with zero attached hydrogens (tertiary/aromatic N) is 1. The minimum atomic E-state index is 0.159. The molecular formula is C17H28N2. The van der Waals surface area contributed by atoms with Crippen molar-refractivity contribution in [1.29, 1.82) is 0 Å². The second-order valence-electron chi connectivity index (χ2n) is 5.77. The van der Waals surface area contributed by atoms with Gasteiger partial charge in [-0.05, 0) is 37.3 Å². The summed E-state index contributed by atoms with van der Waals surface area (Å²) in [5, 5.41) is 0. The number of anilines is 1. The highest BCUT2D eigenvalue weighted by Gasteiger charge is 2.35. The van der Waals surface area contributed by atoms with Crippen LogP contribution in [-0.4, -0.2) is 18.6 Å². The molecule has 1 aromatic rings. The molecule has 1 aromatic carbocycles. The molecule has 0 aliphatic carbocycles. The summed E-state index contributed by atoms with van der Waals surface area (Å²) in [7, 11) is 0. The maximum atomic E-state index is 6.21. The zero-order chi connectivity index (χ0) is 13.7. The highest BCUT2D eigenvalue weighted by atomic mass is 15.2. The Balaban J connectivity index is 2.32. The zero-order valence-corrected chi connectivity index (χ0v) is 12.5. The van der Waals surface area contributed by atoms with Crippen molar-refractivity contribution in [2.45, 2.75) is 57.9 Å². The van der Waals surface area contributed by atoms with Crippen molar-refractivity contribution in [3.8, 4) is 0 Å². The van der Waals surface area contributed by atoms with E-state index in [2.05, 4.69) is 43.0 Å².